The Labute approximate surface area is 118 Å². The molecule has 0 aliphatic heterocycles. The van der Waals surface area contributed by atoms with Crippen LogP contribution in [0.2, 0.25) is 5.02 Å². The normalized spacial score (nSPS) is 11.8. The van der Waals surface area contributed by atoms with Crippen LogP contribution >= 0.6 is 11.6 Å². The molecule has 104 valence electrons. The van der Waals surface area contributed by atoms with E-state index in [1.165, 1.54) is 6.92 Å². The number of carbonyl (C=O) groups excluding carboxylic acids is 2. The van der Waals surface area contributed by atoms with Gasteiger partial charge in [0.15, 0.2) is 0 Å². The second-order valence-corrected chi connectivity index (χ2v) is 4.90. The van der Waals surface area contributed by atoms with Gasteiger partial charge >= 0.3 is 0 Å². The van der Waals surface area contributed by atoms with Crippen molar-refractivity contribution in [3.05, 3.63) is 29.3 Å². The summed E-state index contributed by atoms with van der Waals surface area (Å²) in [5.74, 6) is -0.326. The third kappa shape index (κ3) is 4.91. The SMILES string of the molecule is CCC(C)N(CC(=O)Nc1cccc(Cl)c1)C(C)=O. The summed E-state index contributed by atoms with van der Waals surface area (Å²) >= 11 is 5.84. The summed E-state index contributed by atoms with van der Waals surface area (Å²) in [5.41, 5.74) is 0.630. The van der Waals surface area contributed by atoms with Crippen molar-refractivity contribution in [1.29, 1.82) is 0 Å². The molecule has 1 rings (SSSR count). The van der Waals surface area contributed by atoms with Crippen molar-refractivity contribution in [2.45, 2.75) is 33.2 Å². The van der Waals surface area contributed by atoms with Gasteiger partial charge in [-0.15, -0.1) is 0 Å². The average molecular weight is 283 g/mol. The number of nitrogens with zero attached hydrogens (tertiary/aromatic N) is 1. The summed E-state index contributed by atoms with van der Waals surface area (Å²) in [5, 5.41) is 3.29. The first kappa shape index (κ1) is 15.5. The molecule has 0 aliphatic rings. The predicted molar refractivity (Wildman–Crippen MR) is 77.2 cm³/mol. The van der Waals surface area contributed by atoms with E-state index in [2.05, 4.69) is 5.32 Å². The Morgan fingerprint density at radius 1 is 1.42 bits per heavy atom. The van der Waals surface area contributed by atoms with E-state index < -0.39 is 0 Å². The maximum absolute atomic E-state index is 11.9. The lowest BCUT2D eigenvalue weighted by molar-refractivity contribution is -0.134. The summed E-state index contributed by atoms with van der Waals surface area (Å²) in [7, 11) is 0. The van der Waals surface area contributed by atoms with E-state index >= 15 is 0 Å². The Bertz CT molecular complexity index is 463. The van der Waals surface area contributed by atoms with Gasteiger partial charge in [0.2, 0.25) is 11.8 Å². The van der Waals surface area contributed by atoms with Crippen LogP contribution < -0.4 is 5.32 Å². The van der Waals surface area contributed by atoms with E-state index in [0.717, 1.165) is 6.42 Å². The lowest BCUT2D eigenvalue weighted by atomic mass is 10.2. The van der Waals surface area contributed by atoms with Crippen LogP contribution in [0.3, 0.4) is 0 Å². The van der Waals surface area contributed by atoms with Crippen LogP contribution in [0.4, 0.5) is 5.69 Å². The minimum absolute atomic E-state index is 0.0441. The molecule has 0 spiro atoms. The minimum Gasteiger partial charge on any atom is -0.331 e. The Hall–Kier alpha value is -1.55. The fourth-order valence-corrected chi connectivity index (χ4v) is 1.91. The first-order valence-corrected chi connectivity index (χ1v) is 6.64. The van der Waals surface area contributed by atoms with E-state index in [1.54, 1.807) is 29.2 Å². The molecule has 2 amide bonds. The molecular formula is C14H19ClN2O2. The Morgan fingerprint density at radius 3 is 2.63 bits per heavy atom. The second kappa shape index (κ2) is 7.14. The maximum Gasteiger partial charge on any atom is 0.244 e. The van der Waals surface area contributed by atoms with Gasteiger partial charge in [0.25, 0.3) is 0 Å². The molecule has 0 radical (unpaired) electrons. The van der Waals surface area contributed by atoms with E-state index in [0.29, 0.717) is 10.7 Å². The van der Waals surface area contributed by atoms with Gasteiger partial charge in [-0.3, -0.25) is 9.59 Å². The molecule has 1 unspecified atom stereocenters. The predicted octanol–water partition coefficient (Wildman–Crippen LogP) is 2.93. The highest BCUT2D eigenvalue weighted by atomic mass is 35.5. The van der Waals surface area contributed by atoms with Gasteiger partial charge in [-0.25, -0.2) is 0 Å². The monoisotopic (exact) mass is 282 g/mol. The van der Waals surface area contributed by atoms with E-state index in [9.17, 15) is 9.59 Å². The second-order valence-electron chi connectivity index (χ2n) is 4.46. The molecule has 0 saturated carbocycles. The molecule has 0 aromatic heterocycles. The van der Waals surface area contributed by atoms with Gasteiger partial charge in [-0.2, -0.15) is 0 Å². The van der Waals surface area contributed by atoms with Crippen molar-refractivity contribution in [1.82, 2.24) is 4.90 Å². The highest BCUT2D eigenvalue weighted by Crippen LogP contribution is 2.15. The van der Waals surface area contributed by atoms with Gasteiger partial charge in [0.05, 0.1) is 0 Å². The molecule has 0 heterocycles. The van der Waals surface area contributed by atoms with Crippen LogP contribution in [-0.2, 0) is 9.59 Å². The number of rotatable bonds is 5. The van der Waals surface area contributed by atoms with Crippen molar-refractivity contribution >= 4 is 29.1 Å². The van der Waals surface area contributed by atoms with Crippen LogP contribution in [0.15, 0.2) is 24.3 Å². The Morgan fingerprint density at radius 2 is 2.11 bits per heavy atom. The fraction of sp³-hybridized carbons (Fsp3) is 0.429. The molecule has 0 bridgehead atoms. The summed E-state index contributed by atoms with van der Waals surface area (Å²) in [6, 6.07) is 6.96. The summed E-state index contributed by atoms with van der Waals surface area (Å²) in [6.45, 7) is 5.43. The van der Waals surface area contributed by atoms with Crippen LogP contribution in [0, 0.1) is 0 Å². The van der Waals surface area contributed by atoms with Gasteiger partial charge in [-0.1, -0.05) is 24.6 Å². The van der Waals surface area contributed by atoms with Gasteiger partial charge in [0.1, 0.15) is 6.54 Å². The standard InChI is InChI=1S/C14H19ClN2O2/c1-4-10(2)17(11(3)18)9-14(19)16-13-7-5-6-12(15)8-13/h5-8,10H,4,9H2,1-3H3,(H,16,19). The lowest BCUT2D eigenvalue weighted by Gasteiger charge is -2.26. The number of benzene rings is 1. The summed E-state index contributed by atoms with van der Waals surface area (Å²) < 4.78 is 0. The topological polar surface area (TPSA) is 49.4 Å². The molecule has 19 heavy (non-hydrogen) atoms. The number of amides is 2. The zero-order valence-electron chi connectivity index (χ0n) is 11.4. The van der Waals surface area contributed by atoms with Crippen molar-refractivity contribution in [3.8, 4) is 0 Å². The van der Waals surface area contributed by atoms with Crippen LogP contribution in [-0.4, -0.2) is 29.3 Å². The summed E-state index contributed by atoms with van der Waals surface area (Å²) in [6.07, 6.45) is 0.810. The Balaban J connectivity index is 2.65. The zero-order valence-corrected chi connectivity index (χ0v) is 12.2. The molecular weight excluding hydrogens is 264 g/mol. The molecule has 1 N–H and O–H groups in total. The van der Waals surface area contributed by atoms with Crippen molar-refractivity contribution < 1.29 is 9.59 Å². The smallest absolute Gasteiger partial charge is 0.244 e. The molecule has 1 atom stereocenters. The first-order chi connectivity index (χ1) is 8.93. The minimum atomic E-state index is -0.224. The average Bonchev–Trinajstić information content (AvgIpc) is 2.34. The lowest BCUT2D eigenvalue weighted by Crippen LogP contribution is -2.42. The fourth-order valence-electron chi connectivity index (χ4n) is 1.72. The number of carbonyl (C=O) groups is 2. The third-order valence-electron chi connectivity index (χ3n) is 2.95. The van der Waals surface area contributed by atoms with E-state index in [1.807, 2.05) is 13.8 Å². The van der Waals surface area contributed by atoms with Crippen molar-refractivity contribution in [3.63, 3.8) is 0 Å². The van der Waals surface area contributed by atoms with Crippen molar-refractivity contribution in [2.24, 2.45) is 0 Å². The molecule has 1 aromatic carbocycles. The summed E-state index contributed by atoms with van der Waals surface area (Å²) in [4.78, 5) is 25.0. The van der Waals surface area contributed by atoms with Gasteiger partial charge < -0.3 is 10.2 Å². The van der Waals surface area contributed by atoms with Crippen molar-refractivity contribution in [2.75, 3.05) is 11.9 Å². The number of hydrogen-bond donors (Lipinski definition) is 1. The van der Waals surface area contributed by atoms with E-state index in [-0.39, 0.29) is 24.4 Å². The largest absolute Gasteiger partial charge is 0.331 e. The molecule has 5 heteroatoms. The highest BCUT2D eigenvalue weighted by Gasteiger charge is 2.18. The van der Waals surface area contributed by atoms with Crippen LogP contribution in [0.25, 0.3) is 0 Å². The molecule has 0 saturated heterocycles. The Kier molecular flexibility index (Phi) is 5.83. The number of halogens is 1. The zero-order chi connectivity index (χ0) is 14.4. The molecule has 0 fully saturated rings. The quantitative estimate of drug-likeness (QED) is 0.903. The number of nitrogens with one attached hydrogen (secondary N) is 1. The van der Waals surface area contributed by atoms with Crippen LogP contribution in [0.5, 0.6) is 0 Å². The number of anilines is 1. The first-order valence-electron chi connectivity index (χ1n) is 6.26. The van der Waals surface area contributed by atoms with Gasteiger partial charge in [-0.05, 0) is 31.5 Å². The molecule has 4 nitrogen and oxygen atoms in total. The highest BCUT2D eigenvalue weighted by molar-refractivity contribution is 6.30. The van der Waals surface area contributed by atoms with Crippen LogP contribution in [0.1, 0.15) is 27.2 Å². The third-order valence-corrected chi connectivity index (χ3v) is 3.18. The van der Waals surface area contributed by atoms with E-state index in [4.69, 9.17) is 11.6 Å². The van der Waals surface area contributed by atoms with Gasteiger partial charge in [0, 0.05) is 23.7 Å². The number of hydrogen-bond acceptors (Lipinski definition) is 2. The molecule has 0 aliphatic carbocycles. The maximum atomic E-state index is 11.9. The molecule has 1 aromatic rings.